The van der Waals surface area contributed by atoms with Gasteiger partial charge in [0.05, 0.1) is 18.6 Å². The number of carboxylic acids is 1. The molecule has 6 heteroatoms. The van der Waals surface area contributed by atoms with Crippen molar-refractivity contribution in [1.82, 2.24) is 4.90 Å². The predicted octanol–water partition coefficient (Wildman–Crippen LogP) is 2.82. The fourth-order valence-electron chi connectivity index (χ4n) is 4.09. The Bertz CT molecular complexity index is 627. The molecule has 148 valence electrons. The Kier molecular flexibility index (Phi) is 6.72. The highest BCUT2D eigenvalue weighted by Gasteiger charge is 2.41. The molecule has 3 rings (SSSR count). The van der Waals surface area contributed by atoms with Crippen LogP contribution >= 0.6 is 0 Å². The van der Waals surface area contributed by atoms with E-state index in [2.05, 4.69) is 0 Å². The lowest BCUT2D eigenvalue weighted by Crippen LogP contribution is -2.45. The molecule has 2 saturated heterocycles. The molecular formula is C21H29NO5. The Morgan fingerprint density at radius 2 is 1.93 bits per heavy atom. The fraction of sp³-hybridized carbons (Fsp3) is 0.619. The van der Waals surface area contributed by atoms with Crippen LogP contribution in [-0.4, -0.2) is 54.3 Å². The van der Waals surface area contributed by atoms with E-state index >= 15 is 0 Å². The molecule has 0 radical (unpaired) electrons. The van der Waals surface area contributed by atoms with Crippen molar-refractivity contribution in [3.05, 3.63) is 30.3 Å². The van der Waals surface area contributed by atoms with Crippen LogP contribution in [0.25, 0.3) is 0 Å². The number of para-hydroxylation sites is 1. The van der Waals surface area contributed by atoms with Gasteiger partial charge in [-0.15, -0.1) is 0 Å². The number of benzene rings is 1. The SMILES string of the molecule is CC(CCOc1ccccc1)C(=O)N1CCC([C@@H]2OCCC2C(=O)O)CC1. The van der Waals surface area contributed by atoms with E-state index in [0.29, 0.717) is 39.1 Å². The van der Waals surface area contributed by atoms with Gasteiger partial charge < -0.3 is 19.5 Å². The summed E-state index contributed by atoms with van der Waals surface area (Å²) in [4.78, 5) is 26.0. The van der Waals surface area contributed by atoms with E-state index in [-0.39, 0.29) is 23.8 Å². The lowest BCUT2D eigenvalue weighted by Gasteiger charge is -2.36. The van der Waals surface area contributed by atoms with Crippen LogP contribution in [0.5, 0.6) is 5.75 Å². The van der Waals surface area contributed by atoms with E-state index in [1.807, 2.05) is 42.2 Å². The number of likely N-dealkylation sites (tertiary alicyclic amines) is 1. The minimum absolute atomic E-state index is 0.0836. The summed E-state index contributed by atoms with van der Waals surface area (Å²) in [5.41, 5.74) is 0. The third-order valence-electron chi connectivity index (χ3n) is 5.75. The number of hydrogen-bond acceptors (Lipinski definition) is 4. The standard InChI is InChI=1S/C21H29NO5/c1-15(9-13-26-17-5-3-2-4-6-17)20(23)22-11-7-16(8-12-22)19-18(21(24)25)10-14-27-19/h2-6,15-16,18-19H,7-14H2,1H3,(H,24,25)/t15?,18?,19-/m0/s1. The zero-order chi connectivity index (χ0) is 19.2. The number of carbonyl (C=O) groups excluding carboxylic acids is 1. The highest BCUT2D eigenvalue weighted by molar-refractivity contribution is 5.78. The molecule has 0 saturated carbocycles. The normalized spacial score (nSPS) is 24.6. The Labute approximate surface area is 160 Å². The molecule has 1 N–H and O–H groups in total. The molecule has 2 heterocycles. The predicted molar refractivity (Wildman–Crippen MR) is 101 cm³/mol. The van der Waals surface area contributed by atoms with E-state index in [1.165, 1.54) is 0 Å². The first-order valence-electron chi connectivity index (χ1n) is 9.87. The molecule has 0 aromatic heterocycles. The first-order chi connectivity index (χ1) is 13.1. The molecule has 6 nitrogen and oxygen atoms in total. The Balaban J connectivity index is 1.42. The molecule has 1 aromatic rings. The fourth-order valence-corrected chi connectivity index (χ4v) is 4.09. The van der Waals surface area contributed by atoms with Crippen LogP contribution < -0.4 is 4.74 Å². The zero-order valence-corrected chi connectivity index (χ0v) is 15.9. The number of rotatable bonds is 7. The van der Waals surface area contributed by atoms with Crippen molar-refractivity contribution in [1.29, 1.82) is 0 Å². The third-order valence-corrected chi connectivity index (χ3v) is 5.75. The summed E-state index contributed by atoms with van der Waals surface area (Å²) in [5.74, 6) is -0.0294. The quantitative estimate of drug-likeness (QED) is 0.793. The summed E-state index contributed by atoms with van der Waals surface area (Å²) in [6.45, 7) is 4.35. The lowest BCUT2D eigenvalue weighted by molar-refractivity contribution is -0.146. The number of nitrogens with zero attached hydrogens (tertiary/aromatic N) is 1. The van der Waals surface area contributed by atoms with Crippen LogP contribution in [0.1, 0.15) is 32.6 Å². The molecular weight excluding hydrogens is 346 g/mol. The number of amides is 1. The van der Waals surface area contributed by atoms with E-state index in [0.717, 1.165) is 18.6 Å². The van der Waals surface area contributed by atoms with Gasteiger partial charge in [0.1, 0.15) is 5.75 Å². The van der Waals surface area contributed by atoms with Crippen molar-refractivity contribution < 1.29 is 24.2 Å². The monoisotopic (exact) mass is 375 g/mol. The van der Waals surface area contributed by atoms with Gasteiger partial charge in [-0.05, 0) is 43.7 Å². The molecule has 2 fully saturated rings. The van der Waals surface area contributed by atoms with E-state index in [4.69, 9.17) is 9.47 Å². The van der Waals surface area contributed by atoms with Gasteiger partial charge in [-0.2, -0.15) is 0 Å². The second kappa shape index (κ2) is 9.22. The van der Waals surface area contributed by atoms with Crippen LogP contribution in [-0.2, 0) is 14.3 Å². The average Bonchev–Trinajstić information content (AvgIpc) is 3.18. The van der Waals surface area contributed by atoms with Crippen LogP contribution in [0.15, 0.2) is 30.3 Å². The number of aliphatic carboxylic acids is 1. The Hall–Kier alpha value is -2.08. The van der Waals surface area contributed by atoms with E-state index < -0.39 is 11.9 Å². The molecule has 27 heavy (non-hydrogen) atoms. The van der Waals surface area contributed by atoms with Gasteiger partial charge >= 0.3 is 5.97 Å². The molecule has 3 atom stereocenters. The molecule has 0 bridgehead atoms. The molecule has 1 amide bonds. The first kappa shape index (κ1) is 19.7. The summed E-state index contributed by atoms with van der Waals surface area (Å²) >= 11 is 0. The maximum absolute atomic E-state index is 12.7. The number of carbonyl (C=O) groups is 2. The van der Waals surface area contributed by atoms with E-state index in [9.17, 15) is 14.7 Å². The van der Waals surface area contributed by atoms with Crippen molar-refractivity contribution in [2.45, 2.75) is 38.7 Å². The molecule has 1 aromatic carbocycles. The van der Waals surface area contributed by atoms with Crippen LogP contribution in [0.3, 0.4) is 0 Å². The lowest BCUT2D eigenvalue weighted by atomic mass is 9.84. The summed E-state index contributed by atoms with van der Waals surface area (Å²) in [6.07, 6.45) is 2.70. The highest BCUT2D eigenvalue weighted by Crippen LogP contribution is 2.33. The number of carboxylic acid groups (broad SMARTS) is 1. The largest absolute Gasteiger partial charge is 0.494 e. The van der Waals surface area contributed by atoms with Crippen molar-refractivity contribution in [2.24, 2.45) is 17.8 Å². The molecule has 2 aliphatic rings. The molecule has 2 aliphatic heterocycles. The van der Waals surface area contributed by atoms with Gasteiger partial charge in [0.15, 0.2) is 0 Å². The van der Waals surface area contributed by atoms with Gasteiger partial charge in [0.2, 0.25) is 5.91 Å². The number of ether oxygens (including phenoxy) is 2. The van der Waals surface area contributed by atoms with Gasteiger partial charge in [0, 0.05) is 25.6 Å². The van der Waals surface area contributed by atoms with Gasteiger partial charge in [-0.1, -0.05) is 25.1 Å². The Morgan fingerprint density at radius 1 is 1.22 bits per heavy atom. The van der Waals surface area contributed by atoms with Crippen molar-refractivity contribution in [3.63, 3.8) is 0 Å². The molecule has 0 aliphatic carbocycles. The first-order valence-corrected chi connectivity index (χ1v) is 9.87. The second-order valence-electron chi connectivity index (χ2n) is 7.58. The number of hydrogen-bond donors (Lipinski definition) is 1. The molecule has 2 unspecified atom stereocenters. The summed E-state index contributed by atoms with van der Waals surface area (Å²) in [5, 5.41) is 9.34. The summed E-state index contributed by atoms with van der Waals surface area (Å²) < 4.78 is 11.4. The van der Waals surface area contributed by atoms with Crippen molar-refractivity contribution in [2.75, 3.05) is 26.3 Å². The van der Waals surface area contributed by atoms with Crippen LogP contribution in [0, 0.1) is 17.8 Å². The number of piperidine rings is 1. The maximum atomic E-state index is 12.7. The van der Waals surface area contributed by atoms with E-state index in [1.54, 1.807) is 0 Å². The minimum atomic E-state index is -0.761. The Morgan fingerprint density at radius 3 is 2.59 bits per heavy atom. The molecule has 0 spiro atoms. The van der Waals surface area contributed by atoms with Crippen molar-refractivity contribution >= 4 is 11.9 Å². The van der Waals surface area contributed by atoms with Crippen LogP contribution in [0.4, 0.5) is 0 Å². The maximum Gasteiger partial charge on any atom is 0.309 e. The smallest absolute Gasteiger partial charge is 0.309 e. The average molecular weight is 375 g/mol. The second-order valence-corrected chi connectivity index (χ2v) is 7.58. The summed E-state index contributed by atoms with van der Waals surface area (Å²) in [6, 6.07) is 9.62. The topological polar surface area (TPSA) is 76.1 Å². The third kappa shape index (κ3) is 5.01. The van der Waals surface area contributed by atoms with Gasteiger partial charge in [-0.25, -0.2) is 0 Å². The van der Waals surface area contributed by atoms with Gasteiger partial charge in [0.25, 0.3) is 0 Å². The minimum Gasteiger partial charge on any atom is -0.494 e. The highest BCUT2D eigenvalue weighted by atomic mass is 16.5. The van der Waals surface area contributed by atoms with Gasteiger partial charge in [-0.3, -0.25) is 9.59 Å². The summed E-state index contributed by atoms with van der Waals surface area (Å²) in [7, 11) is 0. The van der Waals surface area contributed by atoms with Crippen LogP contribution in [0.2, 0.25) is 0 Å². The van der Waals surface area contributed by atoms with Crippen molar-refractivity contribution in [3.8, 4) is 5.75 Å². The zero-order valence-electron chi connectivity index (χ0n) is 15.9.